The minimum absolute atomic E-state index is 0.292. The van der Waals surface area contributed by atoms with Crippen molar-refractivity contribution in [2.75, 3.05) is 13.2 Å². The Hall–Kier alpha value is -1.81. The molecule has 1 aromatic heterocycles. The van der Waals surface area contributed by atoms with Gasteiger partial charge in [0.05, 0.1) is 18.7 Å². The van der Waals surface area contributed by atoms with Crippen LogP contribution in [0.1, 0.15) is 13.8 Å². The lowest BCUT2D eigenvalue weighted by molar-refractivity contribution is 0.229. The van der Waals surface area contributed by atoms with Crippen LogP contribution in [0.2, 0.25) is 6.82 Å². The largest absolute Gasteiger partial charge is 0.448 e. The number of benzene rings is 3. The maximum atomic E-state index is 13.3. The molecule has 1 heterocycles. The van der Waals surface area contributed by atoms with Crippen LogP contribution in [0.4, 0.5) is 0 Å². The molecular formula is C24H26BINO5P. The van der Waals surface area contributed by atoms with Crippen molar-refractivity contribution in [3.63, 3.8) is 0 Å². The third-order valence-electron chi connectivity index (χ3n) is 4.70. The van der Waals surface area contributed by atoms with Gasteiger partial charge in [0.25, 0.3) is 0 Å². The number of rotatable bonds is 6. The van der Waals surface area contributed by atoms with Gasteiger partial charge < -0.3 is 19.1 Å². The molecule has 9 heteroatoms. The first kappa shape index (κ1) is 25.8. The molecule has 0 radical (unpaired) electrons. The second kappa shape index (κ2) is 11.6. The van der Waals surface area contributed by atoms with Gasteiger partial charge in [-0.05, 0) is 77.8 Å². The topological polar surface area (TPSA) is 88.9 Å². The van der Waals surface area contributed by atoms with Crippen molar-refractivity contribution in [3.05, 3.63) is 70.3 Å². The molecule has 0 aliphatic rings. The molecule has 4 rings (SSSR count). The first-order valence-corrected chi connectivity index (χ1v) is 13.3. The Kier molecular flexibility index (Phi) is 9.04. The van der Waals surface area contributed by atoms with Crippen molar-refractivity contribution in [1.29, 1.82) is 0 Å². The maximum Gasteiger partial charge on any atom is 0.448 e. The smallest absolute Gasteiger partial charge is 0.427 e. The second-order valence-corrected chi connectivity index (χ2v) is 10.4. The maximum absolute atomic E-state index is 13.3. The SMILES string of the molecule is CB(O)O.CCOP(=O)(OCC)c1ccc2cc(I)cc(-c3cccc4ccccc34)c2n1. The van der Waals surface area contributed by atoms with E-state index in [9.17, 15) is 4.57 Å². The lowest BCUT2D eigenvalue weighted by Crippen LogP contribution is -2.14. The average Bonchev–Trinajstić information content (AvgIpc) is 2.78. The van der Waals surface area contributed by atoms with Crippen molar-refractivity contribution in [2.24, 2.45) is 0 Å². The van der Waals surface area contributed by atoms with Crippen LogP contribution < -0.4 is 5.44 Å². The van der Waals surface area contributed by atoms with Crippen molar-refractivity contribution in [1.82, 2.24) is 4.98 Å². The van der Waals surface area contributed by atoms with E-state index in [-0.39, 0.29) is 0 Å². The van der Waals surface area contributed by atoms with Gasteiger partial charge in [-0.1, -0.05) is 48.5 Å². The van der Waals surface area contributed by atoms with Gasteiger partial charge in [-0.3, -0.25) is 4.57 Å². The van der Waals surface area contributed by atoms with Crippen molar-refractivity contribution in [3.8, 4) is 11.1 Å². The van der Waals surface area contributed by atoms with Crippen LogP contribution in [-0.2, 0) is 13.6 Å². The average molecular weight is 577 g/mol. The van der Waals surface area contributed by atoms with E-state index in [0.717, 1.165) is 31.0 Å². The Morgan fingerprint density at radius 1 is 0.909 bits per heavy atom. The number of hydrogen-bond acceptors (Lipinski definition) is 6. The number of halogens is 1. The Balaban J connectivity index is 0.000000709. The minimum Gasteiger partial charge on any atom is -0.427 e. The van der Waals surface area contributed by atoms with Crippen LogP contribution in [0.5, 0.6) is 0 Å². The van der Waals surface area contributed by atoms with E-state index >= 15 is 0 Å². The molecule has 172 valence electrons. The summed E-state index contributed by atoms with van der Waals surface area (Å²) < 4.78 is 25.4. The Bertz CT molecular complexity index is 1280. The minimum atomic E-state index is -3.46. The summed E-state index contributed by atoms with van der Waals surface area (Å²) in [4.78, 5) is 4.79. The fourth-order valence-electron chi connectivity index (χ4n) is 3.52. The predicted octanol–water partition coefficient (Wildman–Crippen LogP) is 5.64. The monoisotopic (exact) mass is 577 g/mol. The van der Waals surface area contributed by atoms with Crippen LogP contribution in [-0.4, -0.2) is 35.4 Å². The lowest BCUT2D eigenvalue weighted by Gasteiger charge is -2.17. The van der Waals surface area contributed by atoms with Crippen LogP contribution in [0, 0.1) is 3.57 Å². The molecule has 33 heavy (non-hydrogen) atoms. The van der Waals surface area contributed by atoms with Crippen molar-refractivity contribution >= 4 is 64.4 Å². The molecule has 2 N–H and O–H groups in total. The zero-order chi connectivity index (χ0) is 24.0. The van der Waals surface area contributed by atoms with E-state index in [0.29, 0.717) is 18.6 Å². The molecular weight excluding hydrogens is 551 g/mol. The van der Waals surface area contributed by atoms with Gasteiger partial charge >= 0.3 is 14.7 Å². The van der Waals surface area contributed by atoms with E-state index in [1.54, 1.807) is 19.9 Å². The highest BCUT2D eigenvalue weighted by Gasteiger charge is 2.29. The zero-order valence-corrected chi connectivity index (χ0v) is 21.8. The van der Waals surface area contributed by atoms with Crippen LogP contribution in [0.15, 0.2) is 66.7 Å². The molecule has 3 aromatic carbocycles. The summed E-state index contributed by atoms with van der Waals surface area (Å²) in [5, 5.41) is 18.5. The van der Waals surface area contributed by atoms with Gasteiger partial charge in [-0.2, -0.15) is 0 Å². The Labute approximate surface area is 207 Å². The molecule has 0 aliphatic heterocycles. The van der Waals surface area contributed by atoms with E-state index in [1.165, 1.54) is 12.2 Å². The molecule has 0 bridgehead atoms. The summed E-state index contributed by atoms with van der Waals surface area (Å²) in [5.41, 5.74) is 3.24. The Morgan fingerprint density at radius 3 is 2.21 bits per heavy atom. The van der Waals surface area contributed by atoms with Gasteiger partial charge in [0.15, 0.2) is 5.44 Å². The third-order valence-corrected chi connectivity index (χ3v) is 7.33. The second-order valence-electron chi connectivity index (χ2n) is 7.19. The summed E-state index contributed by atoms with van der Waals surface area (Å²) in [5.74, 6) is 0. The molecule has 0 saturated heterocycles. The van der Waals surface area contributed by atoms with Crippen LogP contribution in [0.3, 0.4) is 0 Å². The fourth-order valence-corrected chi connectivity index (χ4v) is 5.66. The molecule has 0 fully saturated rings. The molecule has 0 unspecified atom stereocenters. The summed E-state index contributed by atoms with van der Waals surface area (Å²) in [6.45, 7) is 5.47. The van der Waals surface area contributed by atoms with E-state index < -0.39 is 14.7 Å². The molecule has 0 aliphatic carbocycles. The van der Waals surface area contributed by atoms with E-state index in [4.69, 9.17) is 24.1 Å². The molecule has 0 atom stereocenters. The van der Waals surface area contributed by atoms with E-state index in [2.05, 4.69) is 65.1 Å². The number of fused-ring (bicyclic) bond motifs is 2. The van der Waals surface area contributed by atoms with Gasteiger partial charge in [0.1, 0.15) is 0 Å². The Morgan fingerprint density at radius 2 is 1.55 bits per heavy atom. The summed E-state index contributed by atoms with van der Waals surface area (Å²) in [7, 11) is -4.63. The molecule has 4 aromatic rings. The van der Waals surface area contributed by atoms with Gasteiger partial charge in [0.2, 0.25) is 0 Å². The highest BCUT2D eigenvalue weighted by molar-refractivity contribution is 14.1. The van der Waals surface area contributed by atoms with Gasteiger partial charge in [-0.15, -0.1) is 0 Å². The van der Waals surface area contributed by atoms with Crippen molar-refractivity contribution < 1.29 is 23.7 Å². The van der Waals surface area contributed by atoms with Gasteiger partial charge in [-0.25, -0.2) is 4.98 Å². The summed E-state index contributed by atoms with van der Waals surface area (Å²) in [6, 6.07) is 22.4. The van der Waals surface area contributed by atoms with Crippen molar-refractivity contribution in [2.45, 2.75) is 20.7 Å². The number of nitrogens with zero attached hydrogens (tertiary/aromatic N) is 1. The third kappa shape index (κ3) is 6.21. The molecule has 0 saturated carbocycles. The molecule has 0 amide bonds. The fraction of sp³-hybridized carbons (Fsp3) is 0.208. The molecule has 0 spiro atoms. The van der Waals surface area contributed by atoms with Crippen LogP contribution in [0.25, 0.3) is 32.8 Å². The standard InChI is InChI=1S/C23H21INO3P.CH5BO2/c1-3-27-29(26,28-4-2)22-13-12-17-14-18(24)15-21(23(17)25-22)20-11-7-9-16-8-5-6-10-19(16)20;1-2(3)4/h5-15H,3-4H2,1-2H3;3-4H,1H3. The normalized spacial score (nSPS) is 11.3. The highest BCUT2D eigenvalue weighted by atomic mass is 127. The first-order valence-electron chi connectivity index (χ1n) is 10.6. The highest BCUT2D eigenvalue weighted by Crippen LogP contribution is 2.46. The summed E-state index contributed by atoms with van der Waals surface area (Å²) >= 11 is 2.32. The molecule has 6 nitrogen and oxygen atoms in total. The van der Waals surface area contributed by atoms with Crippen LogP contribution >= 0.6 is 30.2 Å². The zero-order valence-electron chi connectivity index (χ0n) is 18.7. The number of pyridine rings is 1. The van der Waals surface area contributed by atoms with Gasteiger partial charge in [0, 0.05) is 14.5 Å². The lowest BCUT2D eigenvalue weighted by atomic mass is 9.96. The predicted molar refractivity (Wildman–Crippen MR) is 144 cm³/mol. The first-order chi connectivity index (χ1) is 15.8. The number of hydrogen-bond donors (Lipinski definition) is 2. The summed E-state index contributed by atoms with van der Waals surface area (Å²) in [6.07, 6.45) is 0. The quantitative estimate of drug-likeness (QED) is 0.175. The van der Waals surface area contributed by atoms with E-state index in [1.807, 2.05) is 18.2 Å². The number of aromatic nitrogens is 1.